The van der Waals surface area contributed by atoms with E-state index in [9.17, 15) is 13.6 Å². The van der Waals surface area contributed by atoms with E-state index >= 15 is 0 Å². The van der Waals surface area contributed by atoms with Gasteiger partial charge in [0.25, 0.3) is 0 Å². The predicted octanol–water partition coefficient (Wildman–Crippen LogP) is 4.05. The Morgan fingerprint density at radius 2 is 1.81 bits per heavy atom. The summed E-state index contributed by atoms with van der Waals surface area (Å²) in [5.41, 5.74) is 1.59. The van der Waals surface area contributed by atoms with Crippen LogP contribution in [0.1, 0.15) is 16.5 Å². The highest BCUT2D eigenvalue weighted by atomic mass is 32.2. The van der Waals surface area contributed by atoms with Gasteiger partial charge < -0.3 is 0 Å². The molecule has 21 heavy (non-hydrogen) atoms. The minimum atomic E-state index is -0.666. The quantitative estimate of drug-likeness (QED) is 0.834. The second-order valence-corrected chi connectivity index (χ2v) is 5.97. The Labute approximate surface area is 125 Å². The molecule has 1 atom stereocenters. The maximum Gasteiger partial charge on any atom is 0.238 e. The summed E-state index contributed by atoms with van der Waals surface area (Å²) in [6, 6.07) is 11.1. The number of benzene rings is 2. The summed E-state index contributed by atoms with van der Waals surface area (Å²) < 4.78 is 28.0. The fourth-order valence-corrected chi connectivity index (χ4v) is 3.66. The summed E-state index contributed by atoms with van der Waals surface area (Å²) in [4.78, 5) is 13.6. The molecule has 2 nitrogen and oxygen atoms in total. The summed E-state index contributed by atoms with van der Waals surface area (Å²) in [5.74, 6) is -1.18. The molecule has 1 aliphatic rings. The van der Waals surface area contributed by atoms with Gasteiger partial charge in [0.05, 0.1) is 11.3 Å². The van der Waals surface area contributed by atoms with Gasteiger partial charge in [-0.3, -0.25) is 9.69 Å². The molecular weight excluding hydrogens is 292 g/mol. The highest BCUT2D eigenvalue weighted by Crippen LogP contribution is 2.43. The van der Waals surface area contributed by atoms with E-state index < -0.39 is 17.0 Å². The van der Waals surface area contributed by atoms with Gasteiger partial charge in [0.1, 0.15) is 17.0 Å². The van der Waals surface area contributed by atoms with E-state index in [4.69, 9.17) is 0 Å². The lowest BCUT2D eigenvalue weighted by molar-refractivity contribution is -0.115. The van der Waals surface area contributed by atoms with Gasteiger partial charge in [0.15, 0.2) is 0 Å². The minimum absolute atomic E-state index is 0.0603. The minimum Gasteiger partial charge on any atom is -0.295 e. The van der Waals surface area contributed by atoms with Crippen molar-refractivity contribution in [2.45, 2.75) is 12.3 Å². The monoisotopic (exact) mass is 305 g/mol. The van der Waals surface area contributed by atoms with E-state index in [1.807, 2.05) is 25.1 Å². The van der Waals surface area contributed by atoms with Crippen molar-refractivity contribution in [2.75, 3.05) is 10.7 Å². The van der Waals surface area contributed by atoms with E-state index in [0.717, 1.165) is 5.56 Å². The van der Waals surface area contributed by atoms with Gasteiger partial charge in [-0.05, 0) is 36.8 Å². The number of hydrogen-bond donors (Lipinski definition) is 0. The predicted molar refractivity (Wildman–Crippen MR) is 80.2 cm³/mol. The van der Waals surface area contributed by atoms with Crippen LogP contribution in [0.3, 0.4) is 0 Å². The molecule has 0 spiro atoms. The number of rotatable bonds is 2. The number of amides is 1. The van der Waals surface area contributed by atoms with Crippen LogP contribution >= 0.6 is 11.8 Å². The van der Waals surface area contributed by atoms with Crippen LogP contribution in [0.4, 0.5) is 14.5 Å². The van der Waals surface area contributed by atoms with Gasteiger partial charge in [-0.25, -0.2) is 8.78 Å². The Kier molecular flexibility index (Phi) is 3.68. The van der Waals surface area contributed by atoms with E-state index in [-0.39, 0.29) is 17.2 Å². The SMILES string of the molecule is Cc1cccc(N2C(=O)CSC2c2c(F)cccc2F)c1. The Morgan fingerprint density at radius 1 is 1.14 bits per heavy atom. The van der Waals surface area contributed by atoms with Crippen molar-refractivity contribution in [1.82, 2.24) is 0 Å². The van der Waals surface area contributed by atoms with Crippen molar-refractivity contribution in [3.8, 4) is 0 Å². The molecule has 0 aromatic heterocycles. The number of aryl methyl sites for hydroxylation is 1. The molecule has 2 aromatic carbocycles. The zero-order chi connectivity index (χ0) is 15.0. The average Bonchev–Trinajstić information content (AvgIpc) is 2.80. The van der Waals surface area contributed by atoms with Crippen molar-refractivity contribution in [2.24, 2.45) is 0 Å². The first-order valence-electron chi connectivity index (χ1n) is 6.52. The van der Waals surface area contributed by atoms with Crippen LogP contribution in [0.2, 0.25) is 0 Å². The van der Waals surface area contributed by atoms with Gasteiger partial charge in [-0.2, -0.15) is 0 Å². The highest BCUT2D eigenvalue weighted by Gasteiger charge is 2.37. The van der Waals surface area contributed by atoms with Crippen molar-refractivity contribution in [1.29, 1.82) is 0 Å². The fraction of sp³-hybridized carbons (Fsp3) is 0.188. The molecule has 1 unspecified atom stereocenters. The Hall–Kier alpha value is -1.88. The molecule has 2 aromatic rings. The van der Waals surface area contributed by atoms with Gasteiger partial charge in [-0.15, -0.1) is 11.8 Å². The molecule has 3 rings (SSSR count). The molecule has 1 amide bonds. The fourth-order valence-electron chi connectivity index (χ4n) is 2.44. The number of nitrogens with zero attached hydrogens (tertiary/aromatic N) is 1. The largest absolute Gasteiger partial charge is 0.295 e. The van der Waals surface area contributed by atoms with Crippen LogP contribution < -0.4 is 4.90 Å². The Morgan fingerprint density at radius 3 is 2.48 bits per heavy atom. The second-order valence-electron chi connectivity index (χ2n) is 4.90. The summed E-state index contributed by atoms with van der Waals surface area (Å²) in [5, 5.41) is -0.666. The van der Waals surface area contributed by atoms with E-state index in [0.29, 0.717) is 5.69 Å². The summed E-state index contributed by atoms with van der Waals surface area (Å²) in [7, 11) is 0. The number of thioether (sulfide) groups is 1. The van der Waals surface area contributed by atoms with Gasteiger partial charge >= 0.3 is 0 Å². The molecule has 1 fully saturated rings. The first-order valence-corrected chi connectivity index (χ1v) is 7.57. The number of carbonyl (C=O) groups is 1. The maximum absolute atomic E-state index is 14.0. The summed E-state index contributed by atoms with van der Waals surface area (Å²) >= 11 is 1.24. The lowest BCUT2D eigenvalue weighted by Gasteiger charge is -2.25. The topological polar surface area (TPSA) is 20.3 Å². The third kappa shape index (κ3) is 2.53. The van der Waals surface area contributed by atoms with Crippen LogP contribution in [-0.4, -0.2) is 11.7 Å². The van der Waals surface area contributed by atoms with E-state index in [1.165, 1.54) is 34.9 Å². The molecular formula is C16H13F2NOS. The number of carbonyl (C=O) groups excluding carboxylic acids is 1. The molecule has 1 saturated heterocycles. The standard InChI is InChI=1S/C16H13F2NOS/c1-10-4-2-5-11(8-10)19-14(20)9-21-16(19)15-12(17)6-3-7-13(15)18/h2-8,16H,9H2,1H3. The smallest absolute Gasteiger partial charge is 0.238 e. The molecule has 1 heterocycles. The van der Waals surface area contributed by atoms with Gasteiger partial charge in [0, 0.05) is 5.69 Å². The summed E-state index contributed by atoms with van der Waals surface area (Å²) in [6.45, 7) is 1.91. The Bertz CT molecular complexity index is 684. The normalized spacial score (nSPS) is 18.3. The zero-order valence-corrected chi connectivity index (χ0v) is 12.2. The first-order chi connectivity index (χ1) is 10.1. The third-order valence-electron chi connectivity index (χ3n) is 3.39. The molecule has 0 N–H and O–H groups in total. The Balaban J connectivity index is 2.08. The molecule has 0 radical (unpaired) electrons. The van der Waals surface area contributed by atoms with Gasteiger partial charge in [-0.1, -0.05) is 18.2 Å². The second kappa shape index (κ2) is 5.48. The summed E-state index contributed by atoms with van der Waals surface area (Å²) in [6.07, 6.45) is 0. The third-order valence-corrected chi connectivity index (χ3v) is 4.57. The number of hydrogen-bond acceptors (Lipinski definition) is 2. The van der Waals surface area contributed by atoms with Crippen LogP contribution in [0, 0.1) is 18.6 Å². The first kappa shape index (κ1) is 14.1. The average molecular weight is 305 g/mol. The van der Waals surface area contributed by atoms with E-state index in [2.05, 4.69) is 0 Å². The molecule has 1 aliphatic heterocycles. The zero-order valence-electron chi connectivity index (χ0n) is 11.3. The van der Waals surface area contributed by atoms with Crippen LogP contribution in [0.15, 0.2) is 42.5 Å². The highest BCUT2D eigenvalue weighted by molar-refractivity contribution is 8.00. The maximum atomic E-state index is 14.0. The van der Waals surface area contributed by atoms with Crippen LogP contribution in [-0.2, 0) is 4.79 Å². The number of anilines is 1. The van der Waals surface area contributed by atoms with Crippen molar-refractivity contribution < 1.29 is 13.6 Å². The molecule has 5 heteroatoms. The van der Waals surface area contributed by atoms with Crippen molar-refractivity contribution in [3.63, 3.8) is 0 Å². The van der Waals surface area contributed by atoms with Gasteiger partial charge in [0.2, 0.25) is 5.91 Å². The molecule has 0 aliphatic carbocycles. The van der Waals surface area contributed by atoms with Crippen molar-refractivity contribution >= 4 is 23.4 Å². The molecule has 108 valence electrons. The van der Waals surface area contributed by atoms with Crippen LogP contribution in [0.25, 0.3) is 0 Å². The van der Waals surface area contributed by atoms with Crippen molar-refractivity contribution in [3.05, 3.63) is 65.2 Å². The number of halogens is 2. The lowest BCUT2D eigenvalue weighted by Crippen LogP contribution is -2.28. The molecule has 0 bridgehead atoms. The lowest BCUT2D eigenvalue weighted by atomic mass is 10.1. The van der Waals surface area contributed by atoms with E-state index in [1.54, 1.807) is 6.07 Å². The molecule has 0 saturated carbocycles. The van der Waals surface area contributed by atoms with Crippen LogP contribution in [0.5, 0.6) is 0 Å².